The minimum absolute atomic E-state index is 0.620. The molecular formula is C20H18NP. The van der Waals surface area contributed by atoms with Crippen LogP contribution in [0.1, 0.15) is 12.5 Å². The average Bonchev–Trinajstić information content (AvgIpc) is 2.57. The molecule has 0 unspecified atom stereocenters. The second kappa shape index (κ2) is 6.68. The van der Waals surface area contributed by atoms with Gasteiger partial charge in [-0.1, -0.05) is 84.9 Å². The molecule has 0 heterocycles. The quantitative estimate of drug-likeness (QED) is 0.559. The summed E-state index contributed by atoms with van der Waals surface area (Å²) < 4.78 is 0. The molecule has 1 N–H and O–H groups in total. The zero-order chi connectivity index (χ0) is 15.4. The number of hydrogen-bond donors (Lipinski definition) is 1. The summed E-state index contributed by atoms with van der Waals surface area (Å²) in [5.74, 6) is 0. The standard InChI is InChI=1S/C20H18NP/c1-16(21)19-14-8-9-15-20(19)22(17-10-4-2-5-11-17)18-12-6-3-7-13-18/h2-15,21H,1H3. The summed E-state index contributed by atoms with van der Waals surface area (Å²) in [6.45, 7) is 1.86. The van der Waals surface area contributed by atoms with E-state index in [4.69, 9.17) is 5.41 Å². The van der Waals surface area contributed by atoms with Gasteiger partial charge in [0.05, 0.1) is 0 Å². The van der Waals surface area contributed by atoms with Gasteiger partial charge in [-0.15, -0.1) is 0 Å². The summed E-state index contributed by atoms with van der Waals surface area (Å²) in [5, 5.41) is 12.0. The van der Waals surface area contributed by atoms with E-state index in [0.717, 1.165) is 5.56 Å². The van der Waals surface area contributed by atoms with Crippen molar-refractivity contribution < 1.29 is 0 Å². The van der Waals surface area contributed by atoms with Crippen molar-refractivity contribution in [3.63, 3.8) is 0 Å². The summed E-state index contributed by atoms with van der Waals surface area (Å²) >= 11 is 0. The van der Waals surface area contributed by atoms with Crippen LogP contribution >= 0.6 is 7.92 Å². The van der Waals surface area contributed by atoms with Gasteiger partial charge in [0.25, 0.3) is 0 Å². The summed E-state index contributed by atoms with van der Waals surface area (Å²) in [4.78, 5) is 0. The van der Waals surface area contributed by atoms with Crippen LogP contribution < -0.4 is 15.9 Å². The molecule has 0 bridgehead atoms. The topological polar surface area (TPSA) is 23.9 Å². The van der Waals surface area contributed by atoms with E-state index in [1.807, 2.05) is 13.0 Å². The Kier molecular flexibility index (Phi) is 4.46. The van der Waals surface area contributed by atoms with Crippen molar-refractivity contribution in [1.29, 1.82) is 5.41 Å². The van der Waals surface area contributed by atoms with E-state index in [1.165, 1.54) is 15.9 Å². The Morgan fingerprint density at radius 1 is 0.682 bits per heavy atom. The Bertz CT molecular complexity index is 726. The molecule has 0 spiro atoms. The molecule has 3 aromatic rings. The van der Waals surface area contributed by atoms with Crippen LogP contribution in [0, 0.1) is 5.41 Å². The van der Waals surface area contributed by atoms with Gasteiger partial charge in [0.2, 0.25) is 0 Å². The van der Waals surface area contributed by atoms with Crippen molar-refractivity contribution >= 4 is 29.5 Å². The molecule has 0 aliphatic carbocycles. The van der Waals surface area contributed by atoms with Gasteiger partial charge in [0, 0.05) is 11.3 Å². The molecule has 0 radical (unpaired) electrons. The molecule has 0 amide bonds. The third-order valence-corrected chi connectivity index (χ3v) is 6.08. The minimum atomic E-state index is -0.640. The van der Waals surface area contributed by atoms with Gasteiger partial charge in [0.1, 0.15) is 0 Å². The van der Waals surface area contributed by atoms with Crippen LogP contribution in [0.4, 0.5) is 0 Å². The van der Waals surface area contributed by atoms with Crippen LogP contribution in [0.15, 0.2) is 84.9 Å². The van der Waals surface area contributed by atoms with Crippen LogP contribution in [-0.4, -0.2) is 5.71 Å². The first-order chi connectivity index (χ1) is 10.8. The second-order valence-electron chi connectivity index (χ2n) is 5.15. The van der Waals surface area contributed by atoms with Gasteiger partial charge >= 0.3 is 0 Å². The highest BCUT2D eigenvalue weighted by Gasteiger charge is 2.19. The van der Waals surface area contributed by atoms with Crippen molar-refractivity contribution in [2.75, 3.05) is 0 Å². The molecule has 3 aromatic carbocycles. The van der Waals surface area contributed by atoms with E-state index in [-0.39, 0.29) is 0 Å². The van der Waals surface area contributed by atoms with Crippen molar-refractivity contribution in [3.05, 3.63) is 90.5 Å². The SMILES string of the molecule is CC(=N)c1ccccc1P(c1ccccc1)c1ccccc1. The molecule has 0 saturated heterocycles. The van der Waals surface area contributed by atoms with Crippen molar-refractivity contribution in [3.8, 4) is 0 Å². The minimum Gasteiger partial charge on any atom is -0.305 e. The Balaban J connectivity index is 2.21. The largest absolute Gasteiger partial charge is 0.305 e. The van der Waals surface area contributed by atoms with E-state index in [1.54, 1.807) is 0 Å². The molecule has 3 rings (SSSR count). The molecule has 0 fully saturated rings. The third-order valence-electron chi connectivity index (χ3n) is 3.58. The lowest BCUT2D eigenvalue weighted by molar-refractivity contribution is 1.47. The predicted molar refractivity (Wildman–Crippen MR) is 97.7 cm³/mol. The second-order valence-corrected chi connectivity index (χ2v) is 7.33. The Morgan fingerprint density at radius 2 is 1.14 bits per heavy atom. The highest BCUT2D eigenvalue weighted by molar-refractivity contribution is 7.80. The van der Waals surface area contributed by atoms with E-state index >= 15 is 0 Å². The molecule has 0 aliphatic rings. The summed E-state index contributed by atoms with van der Waals surface area (Å²) in [6, 6.07) is 29.5. The highest BCUT2D eigenvalue weighted by Crippen LogP contribution is 2.33. The molecule has 1 nitrogen and oxygen atoms in total. The van der Waals surface area contributed by atoms with Gasteiger partial charge in [-0.25, -0.2) is 0 Å². The zero-order valence-electron chi connectivity index (χ0n) is 12.5. The number of benzene rings is 3. The summed E-state index contributed by atoms with van der Waals surface area (Å²) in [5.41, 5.74) is 1.66. The molecule has 0 atom stereocenters. The fourth-order valence-corrected chi connectivity index (χ4v) is 5.08. The van der Waals surface area contributed by atoms with Crippen LogP contribution in [0.25, 0.3) is 0 Å². The summed E-state index contributed by atoms with van der Waals surface area (Å²) in [7, 11) is -0.640. The lowest BCUT2D eigenvalue weighted by Crippen LogP contribution is -2.24. The van der Waals surface area contributed by atoms with Gasteiger partial charge in [0.15, 0.2) is 0 Å². The van der Waals surface area contributed by atoms with Crippen molar-refractivity contribution in [1.82, 2.24) is 0 Å². The number of hydrogen-bond acceptors (Lipinski definition) is 1. The van der Waals surface area contributed by atoms with Crippen molar-refractivity contribution in [2.45, 2.75) is 6.92 Å². The van der Waals surface area contributed by atoms with E-state index < -0.39 is 7.92 Å². The molecule has 0 aromatic heterocycles. The fourth-order valence-electron chi connectivity index (χ4n) is 2.57. The zero-order valence-corrected chi connectivity index (χ0v) is 13.4. The molecule has 0 saturated carbocycles. The maximum atomic E-state index is 8.10. The third kappa shape index (κ3) is 3.00. The Morgan fingerprint density at radius 3 is 1.64 bits per heavy atom. The van der Waals surface area contributed by atoms with Gasteiger partial charge in [-0.3, -0.25) is 0 Å². The predicted octanol–water partition coefficient (Wildman–Crippen LogP) is 3.83. The maximum Gasteiger partial charge on any atom is 0.0361 e. The molecule has 0 aliphatic heterocycles. The van der Waals surface area contributed by atoms with E-state index in [9.17, 15) is 0 Å². The fraction of sp³-hybridized carbons (Fsp3) is 0.0500. The number of nitrogens with one attached hydrogen (secondary N) is 1. The van der Waals surface area contributed by atoms with Crippen LogP contribution in [-0.2, 0) is 0 Å². The number of rotatable bonds is 4. The van der Waals surface area contributed by atoms with E-state index in [0.29, 0.717) is 5.71 Å². The first kappa shape index (κ1) is 14.7. The van der Waals surface area contributed by atoms with Crippen LogP contribution in [0.2, 0.25) is 0 Å². The first-order valence-corrected chi connectivity index (χ1v) is 8.66. The molecular weight excluding hydrogens is 285 g/mol. The first-order valence-electron chi connectivity index (χ1n) is 7.32. The molecule has 2 heteroatoms. The maximum absolute atomic E-state index is 8.10. The highest BCUT2D eigenvalue weighted by atomic mass is 31.1. The van der Waals surface area contributed by atoms with Gasteiger partial charge in [-0.2, -0.15) is 0 Å². The Labute approximate surface area is 132 Å². The normalized spacial score (nSPS) is 10.6. The average molecular weight is 303 g/mol. The van der Waals surface area contributed by atoms with E-state index in [2.05, 4.69) is 78.9 Å². The summed E-state index contributed by atoms with van der Waals surface area (Å²) in [6.07, 6.45) is 0. The molecule has 108 valence electrons. The monoisotopic (exact) mass is 303 g/mol. The lowest BCUT2D eigenvalue weighted by atomic mass is 10.1. The van der Waals surface area contributed by atoms with Crippen LogP contribution in [0.3, 0.4) is 0 Å². The van der Waals surface area contributed by atoms with Gasteiger partial charge in [-0.05, 0) is 30.8 Å². The van der Waals surface area contributed by atoms with Crippen LogP contribution in [0.5, 0.6) is 0 Å². The van der Waals surface area contributed by atoms with Crippen molar-refractivity contribution in [2.24, 2.45) is 0 Å². The van der Waals surface area contributed by atoms with Gasteiger partial charge < -0.3 is 5.41 Å². The smallest absolute Gasteiger partial charge is 0.0361 e. The molecule has 22 heavy (non-hydrogen) atoms. The lowest BCUT2D eigenvalue weighted by Gasteiger charge is -2.22. The Hall–Kier alpha value is -2.24.